The van der Waals surface area contributed by atoms with E-state index in [1.807, 2.05) is 0 Å². The minimum atomic E-state index is -0.291. The van der Waals surface area contributed by atoms with E-state index in [-0.39, 0.29) is 6.03 Å². The Labute approximate surface area is 73.9 Å². The van der Waals surface area contributed by atoms with Crippen LogP contribution < -0.4 is 10.6 Å². The second-order valence-corrected chi connectivity index (χ2v) is 3.33. The predicted molar refractivity (Wildman–Crippen MR) is 47.5 cm³/mol. The van der Waals surface area contributed by atoms with Crippen molar-refractivity contribution in [2.24, 2.45) is 5.92 Å². The Morgan fingerprint density at radius 3 is 2.67 bits per heavy atom. The molecule has 0 aliphatic heterocycles. The third kappa shape index (κ3) is 3.11. The maximum absolute atomic E-state index is 10.7. The average molecular weight is 168 g/mol. The number of nitrogens with zero attached hydrogens (tertiary/aromatic N) is 1. The van der Waals surface area contributed by atoms with Gasteiger partial charge < -0.3 is 5.32 Å². The molecular formula is C9H16N2O. The van der Waals surface area contributed by atoms with Crippen LogP contribution in [0.5, 0.6) is 0 Å². The van der Waals surface area contributed by atoms with Gasteiger partial charge in [0.15, 0.2) is 0 Å². The van der Waals surface area contributed by atoms with E-state index >= 15 is 0 Å². The SMILES string of the molecule is [CH2]NC(=O)[N]CC1CCCCC1. The van der Waals surface area contributed by atoms with Crippen LogP contribution in [-0.4, -0.2) is 12.6 Å². The molecule has 3 heteroatoms. The number of carbonyl (C=O) groups is 1. The van der Waals surface area contributed by atoms with Crippen LogP contribution in [-0.2, 0) is 0 Å². The summed E-state index contributed by atoms with van der Waals surface area (Å²) in [6, 6.07) is -0.291. The molecule has 0 heterocycles. The van der Waals surface area contributed by atoms with E-state index in [0.29, 0.717) is 12.5 Å². The van der Waals surface area contributed by atoms with Crippen LogP contribution in [0.4, 0.5) is 4.79 Å². The number of amides is 2. The molecule has 0 bridgehead atoms. The van der Waals surface area contributed by atoms with Gasteiger partial charge in [-0.2, -0.15) is 0 Å². The van der Waals surface area contributed by atoms with E-state index in [4.69, 9.17) is 0 Å². The molecule has 2 amide bonds. The Morgan fingerprint density at radius 2 is 2.08 bits per heavy atom. The van der Waals surface area contributed by atoms with Crippen LogP contribution in [0, 0.1) is 13.0 Å². The maximum atomic E-state index is 10.7. The minimum Gasteiger partial charge on any atom is -0.335 e. The molecule has 0 spiro atoms. The van der Waals surface area contributed by atoms with Gasteiger partial charge in [0.1, 0.15) is 0 Å². The Morgan fingerprint density at radius 1 is 1.42 bits per heavy atom. The number of carbonyl (C=O) groups excluding carboxylic acids is 1. The molecule has 0 atom stereocenters. The summed E-state index contributed by atoms with van der Waals surface area (Å²) in [6.45, 7) is 0.682. The average Bonchev–Trinajstić information content (AvgIpc) is 2.16. The summed E-state index contributed by atoms with van der Waals surface area (Å²) < 4.78 is 0. The van der Waals surface area contributed by atoms with Crippen molar-refractivity contribution in [2.45, 2.75) is 32.1 Å². The van der Waals surface area contributed by atoms with Crippen molar-refractivity contribution >= 4 is 6.03 Å². The predicted octanol–water partition coefficient (Wildman–Crippen LogP) is 1.67. The molecule has 1 fully saturated rings. The summed E-state index contributed by atoms with van der Waals surface area (Å²) in [5.74, 6) is 0.635. The quantitative estimate of drug-likeness (QED) is 0.669. The molecule has 1 saturated carbocycles. The molecule has 0 aromatic heterocycles. The first-order valence-electron chi connectivity index (χ1n) is 4.57. The highest BCUT2D eigenvalue weighted by Gasteiger charge is 2.14. The monoisotopic (exact) mass is 168 g/mol. The zero-order chi connectivity index (χ0) is 8.81. The van der Waals surface area contributed by atoms with Gasteiger partial charge >= 0.3 is 6.03 Å². The normalized spacial score (nSPS) is 18.8. The van der Waals surface area contributed by atoms with Gasteiger partial charge in [-0.3, -0.25) is 0 Å². The fraction of sp³-hybridized carbons (Fsp3) is 0.778. The van der Waals surface area contributed by atoms with Gasteiger partial charge in [-0.25, -0.2) is 10.1 Å². The van der Waals surface area contributed by atoms with Crippen molar-refractivity contribution in [3.63, 3.8) is 0 Å². The van der Waals surface area contributed by atoms with Gasteiger partial charge in [0.05, 0.1) is 0 Å². The van der Waals surface area contributed by atoms with E-state index < -0.39 is 0 Å². The summed E-state index contributed by atoms with van der Waals surface area (Å²) in [4.78, 5) is 10.7. The smallest absolute Gasteiger partial charge is 0.335 e. The molecule has 1 N–H and O–H groups in total. The Bertz CT molecular complexity index is 141. The summed E-state index contributed by atoms with van der Waals surface area (Å²) >= 11 is 0. The van der Waals surface area contributed by atoms with Crippen molar-refractivity contribution in [3.05, 3.63) is 7.05 Å². The van der Waals surface area contributed by atoms with Gasteiger partial charge in [-0.05, 0) is 18.8 Å². The highest BCUT2D eigenvalue weighted by atomic mass is 16.2. The number of rotatable bonds is 2. The third-order valence-electron chi connectivity index (χ3n) is 2.37. The van der Waals surface area contributed by atoms with Crippen molar-refractivity contribution < 1.29 is 4.79 Å². The lowest BCUT2D eigenvalue weighted by molar-refractivity contribution is 0.238. The van der Waals surface area contributed by atoms with Gasteiger partial charge in [0, 0.05) is 13.6 Å². The second kappa shape index (κ2) is 5.01. The van der Waals surface area contributed by atoms with Crippen molar-refractivity contribution in [1.29, 1.82) is 0 Å². The second-order valence-electron chi connectivity index (χ2n) is 3.33. The number of urea groups is 1. The lowest BCUT2D eigenvalue weighted by Gasteiger charge is -2.20. The van der Waals surface area contributed by atoms with Crippen molar-refractivity contribution in [2.75, 3.05) is 6.54 Å². The molecule has 0 saturated heterocycles. The maximum Gasteiger partial charge on any atom is 0.336 e. The zero-order valence-corrected chi connectivity index (χ0v) is 7.38. The van der Waals surface area contributed by atoms with E-state index in [1.54, 1.807) is 0 Å². The first-order chi connectivity index (χ1) is 5.83. The van der Waals surface area contributed by atoms with Gasteiger partial charge in [-0.15, -0.1) is 0 Å². The van der Waals surface area contributed by atoms with Crippen LogP contribution in [0.15, 0.2) is 0 Å². The van der Waals surface area contributed by atoms with E-state index in [1.165, 1.54) is 32.1 Å². The van der Waals surface area contributed by atoms with Crippen molar-refractivity contribution in [1.82, 2.24) is 10.6 Å². The largest absolute Gasteiger partial charge is 0.336 e. The van der Waals surface area contributed by atoms with Gasteiger partial charge in [0.25, 0.3) is 0 Å². The molecule has 1 aliphatic rings. The molecule has 1 rings (SSSR count). The van der Waals surface area contributed by atoms with Crippen LogP contribution in [0.2, 0.25) is 0 Å². The van der Waals surface area contributed by atoms with E-state index in [2.05, 4.69) is 17.7 Å². The summed E-state index contributed by atoms with van der Waals surface area (Å²) in [5, 5.41) is 6.10. The molecule has 12 heavy (non-hydrogen) atoms. The Kier molecular flexibility index (Phi) is 3.91. The van der Waals surface area contributed by atoms with Crippen LogP contribution in [0.1, 0.15) is 32.1 Å². The fourth-order valence-electron chi connectivity index (χ4n) is 1.64. The highest BCUT2D eigenvalue weighted by molar-refractivity contribution is 5.73. The molecule has 0 aromatic carbocycles. The first kappa shape index (κ1) is 9.36. The summed E-state index contributed by atoms with van der Waals surface area (Å²) in [6.07, 6.45) is 6.40. The Hall–Kier alpha value is -0.730. The van der Waals surface area contributed by atoms with Crippen LogP contribution >= 0.6 is 0 Å². The molecule has 1 aliphatic carbocycles. The number of hydrogen-bond acceptors (Lipinski definition) is 1. The molecular weight excluding hydrogens is 152 g/mol. The van der Waals surface area contributed by atoms with Gasteiger partial charge in [0.2, 0.25) is 0 Å². The Balaban J connectivity index is 2.09. The summed E-state index contributed by atoms with van der Waals surface area (Å²) in [5.41, 5.74) is 0. The third-order valence-corrected chi connectivity index (χ3v) is 2.37. The summed E-state index contributed by atoms with van der Waals surface area (Å²) in [7, 11) is 3.26. The fourth-order valence-corrected chi connectivity index (χ4v) is 1.64. The number of hydrogen-bond donors (Lipinski definition) is 1. The lowest BCUT2D eigenvalue weighted by Crippen LogP contribution is -2.29. The highest BCUT2D eigenvalue weighted by Crippen LogP contribution is 2.22. The van der Waals surface area contributed by atoms with Crippen LogP contribution in [0.3, 0.4) is 0 Å². The molecule has 68 valence electrons. The molecule has 0 aromatic rings. The molecule has 3 nitrogen and oxygen atoms in total. The minimum absolute atomic E-state index is 0.291. The number of nitrogens with one attached hydrogen (secondary N) is 1. The molecule has 2 radical (unpaired) electrons. The molecule has 0 unspecified atom stereocenters. The van der Waals surface area contributed by atoms with E-state index in [0.717, 1.165) is 0 Å². The van der Waals surface area contributed by atoms with E-state index in [9.17, 15) is 4.79 Å². The van der Waals surface area contributed by atoms with Crippen LogP contribution in [0.25, 0.3) is 0 Å². The van der Waals surface area contributed by atoms with Crippen molar-refractivity contribution in [3.8, 4) is 0 Å². The first-order valence-corrected chi connectivity index (χ1v) is 4.57. The topological polar surface area (TPSA) is 43.2 Å². The zero-order valence-electron chi connectivity index (χ0n) is 7.38. The lowest BCUT2D eigenvalue weighted by atomic mass is 9.89. The van der Waals surface area contributed by atoms with Gasteiger partial charge in [-0.1, -0.05) is 19.3 Å². The standard InChI is InChI=1S/C9H16N2O/c1-10-9(12)11-7-8-5-3-2-4-6-8/h8H,1-7H2,(H,10,12).